The number of rotatable bonds is 3. The average Bonchev–Trinajstić information content (AvgIpc) is 2.81. The molecule has 3 nitrogen and oxygen atoms in total. The second-order valence-corrected chi connectivity index (χ2v) is 4.65. The Morgan fingerprint density at radius 3 is 2.50 bits per heavy atom. The molecule has 0 aliphatic rings. The molecule has 0 spiro atoms. The van der Waals surface area contributed by atoms with E-state index in [0.29, 0.717) is 0 Å². The van der Waals surface area contributed by atoms with Crippen molar-refractivity contribution in [1.29, 1.82) is 0 Å². The zero-order valence-corrected chi connectivity index (χ0v) is 10.6. The topological polar surface area (TPSA) is 53.1 Å². The molecule has 3 rings (SSSR count). The summed E-state index contributed by atoms with van der Waals surface area (Å²) in [4.78, 5) is 13.9. The Hall–Kier alpha value is -2.62. The SMILES string of the molecule is O=C(O)Cc1c[nH]c2cc(-c3ccc(F)cc3)ccc12. The predicted octanol–water partition coefficient (Wildman–Crippen LogP) is 3.60. The van der Waals surface area contributed by atoms with Crippen LogP contribution in [-0.4, -0.2) is 16.1 Å². The fourth-order valence-corrected chi connectivity index (χ4v) is 2.32. The fraction of sp³-hybridized carbons (Fsp3) is 0.0625. The van der Waals surface area contributed by atoms with E-state index in [2.05, 4.69) is 4.98 Å². The number of aromatic nitrogens is 1. The third-order valence-electron chi connectivity index (χ3n) is 3.29. The van der Waals surface area contributed by atoms with Gasteiger partial charge in [0.2, 0.25) is 0 Å². The number of nitrogens with one attached hydrogen (secondary N) is 1. The number of carbonyl (C=O) groups is 1. The van der Waals surface area contributed by atoms with E-state index in [1.807, 2.05) is 18.2 Å². The summed E-state index contributed by atoms with van der Waals surface area (Å²) in [6.45, 7) is 0. The minimum atomic E-state index is -0.853. The largest absolute Gasteiger partial charge is 0.481 e. The van der Waals surface area contributed by atoms with Crippen LogP contribution in [0.3, 0.4) is 0 Å². The Balaban J connectivity index is 2.03. The number of aliphatic carboxylic acids is 1. The van der Waals surface area contributed by atoms with Crippen LogP contribution in [0.25, 0.3) is 22.0 Å². The van der Waals surface area contributed by atoms with Crippen molar-refractivity contribution in [3.63, 3.8) is 0 Å². The van der Waals surface area contributed by atoms with Crippen molar-refractivity contribution in [2.45, 2.75) is 6.42 Å². The first-order chi connectivity index (χ1) is 9.63. The Kier molecular flexibility index (Phi) is 2.99. The number of carboxylic acid groups (broad SMARTS) is 1. The van der Waals surface area contributed by atoms with E-state index in [1.54, 1.807) is 18.3 Å². The number of benzene rings is 2. The Bertz CT molecular complexity index is 775. The van der Waals surface area contributed by atoms with Gasteiger partial charge in [-0.1, -0.05) is 24.3 Å². The molecule has 0 saturated heterocycles. The third-order valence-corrected chi connectivity index (χ3v) is 3.29. The van der Waals surface area contributed by atoms with Crippen molar-refractivity contribution in [3.8, 4) is 11.1 Å². The standard InChI is InChI=1S/C16H12FNO2/c17-13-4-1-10(2-5-13)11-3-6-14-12(8-16(19)20)9-18-15(14)7-11/h1-7,9,18H,8H2,(H,19,20). The number of aromatic amines is 1. The zero-order chi connectivity index (χ0) is 14.1. The van der Waals surface area contributed by atoms with Gasteiger partial charge in [-0.05, 0) is 34.9 Å². The van der Waals surface area contributed by atoms with Crippen LogP contribution in [0.4, 0.5) is 4.39 Å². The number of fused-ring (bicyclic) bond motifs is 1. The first-order valence-electron chi connectivity index (χ1n) is 6.21. The van der Waals surface area contributed by atoms with E-state index in [1.165, 1.54) is 12.1 Å². The van der Waals surface area contributed by atoms with Crippen LogP contribution in [0, 0.1) is 5.82 Å². The van der Waals surface area contributed by atoms with E-state index in [9.17, 15) is 9.18 Å². The molecule has 0 fully saturated rings. The van der Waals surface area contributed by atoms with Crippen molar-refractivity contribution in [3.05, 3.63) is 60.0 Å². The lowest BCUT2D eigenvalue weighted by Gasteiger charge is -2.02. The summed E-state index contributed by atoms with van der Waals surface area (Å²) >= 11 is 0. The molecular weight excluding hydrogens is 257 g/mol. The van der Waals surface area contributed by atoms with Crippen LogP contribution in [0.1, 0.15) is 5.56 Å². The highest BCUT2D eigenvalue weighted by Gasteiger charge is 2.08. The molecule has 100 valence electrons. The monoisotopic (exact) mass is 269 g/mol. The van der Waals surface area contributed by atoms with Gasteiger partial charge >= 0.3 is 5.97 Å². The smallest absolute Gasteiger partial charge is 0.307 e. The minimum absolute atomic E-state index is 0.00407. The van der Waals surface area contributed by atoms with E-state index in [0.717, 1.165) is 27.6 Å². The Morgan fingerprint density at radius 2 is 1.80 bits per heavy atom. The molecule has 0 aliphatic heterocycles. The highest BCUT2D eigenvalue weighted by Crippen LogP contribution is 2.26. The van der Waals surface area contributed by atoms with Gasteiger partial charge in [0.25, 0.3) is 0 Å². The molecule has 1 heterocycles. The highest BCUT2D eigenvalue weighted by atomic mass is 19.1. The molecule has 0 unspecified atom stereocenters. The van der Waals surface area contributed by atoms with Crippen LogP contribution in [-0.2, 0) is 11.2 Å². The van der Waals surface area contributed by atoms with Crippen LogP contribution >= 0.6 is 0 Å². The number of hydrogen-bond donors (Lipinski definition) is 2. The molecule has 0 saturated carbocycles. The molecule has 0 bridgehead atoms. The van der Waals surface area contributed by atoms with Crippen molar-refractivity contribution < 1.29 is 14.3 Å². The maximum absolute atomic E-state index is 12.9. The predicted molar refractivity (Wildman–Crippen MR) is 75.0 cm³/mol. The number of halogens is 1. The van der Waals surface area contributed by atoms with Crippen molar-refractivity contribution in [2.24, 2.45) is 0 Å². The summed E-state index contributed by atoms with van der Waals surface area (Å²) in [7, 11) is 0. The van der Waals surface area contributed by atoms with Gasteiger partial charge in [0, 0.05) is 17.1 Å². The molecule has 3 aromatic rings. The zero-order valence-electron chi connectivity index (χ0n) is 10.6. The van der Waals surface area contributed by atoms with Gasteiger partial charge in [-0.2, -0.15) is 0 Å². The molecule has 0 aliphatic carbocycles. The van der Waals surface area contributed by atoms with Crippen molar-refractivity contribution in [2.75, 3.05) is 0 Å². The van der Waals surface area contributed by atoms with Gasteiger partial charge in [0.15, 0.2) is 0 Å². The summed E-state index contributed by atoms with van der Waals surface area (Å²) in [5, 5.41) is 9.76. The van der Waals surface area contributed by atoms with Gasteiger partial charge in [-0.3, -0.25) is 4.79 Å². The summed E-state index contributed by atoms with van der Waals surface area (Å²) in [6, 6.07) is 12.0. The highest BCUT2D eigenvalue weighted by molar-refractivity contribution is 5.90. The van der Waals surface area contributed by atoms with Gasteiger partial charge < -0.3 is 10.1 Å². The minimum Gasteiger partial charge on any atom is -0.481 e. The number of carboxylic acids is 1. The lowest BCUT2D eigenvalue weighted by molar-refractivity contribution is -0.136. The number of hydrogen-bond acceptors (Lipinski definition) is 1. The third kappa shape index (κ3) is 2.28. The summed E-state index contributed by atoms with van der Waals surface area (Å²) < 4.78 is 12.9. The van der Waals surface area contributed by atoms with Crippen molar-refractivity contribution in [1.82, 2.24) is 4.98 Å². The van der Waals surface area contributed by atoms with Gasteiger partial charge in [-0.15, -0.1) is 0 Å². The van der Waals surface area contributed by atoms with Gasteiger partial charge in [-0.25, -0.2) is 4.39 Å². The second kappa shape index (κ2) is 4.81. The molecule has 4 heteroatoms. The molecule has 0 radical (unpaired) electrons. The lowest BCUT2D eigenvalue weighted by atomic mass is 10.0. The summed E-state index contributed by atoms with van der Waals surface area (Å²) in [6.07, 6.45) is 1.71. The molecule has 20 heavy (non-hydrogen) atoms. The molecule has 2 N–H and O–H groups in total. The van der Waals surface area contributed by atoms with E-state index in [-0.39, 0.29) is 12.2 Å². The number of H-pyrrole nitrogens is 1. The fourth-order valence-electron chi connectivity index (χ4n) is 2.32. The summed E-state index contributed by atoms with van der Waals surface area (Å²) in [5.74, 6) is -1.12. The van der Waals surface area contributed by atoms with Crippen molar-refractivity contribution >= 4 is 16.9 Å². The van der Waals surface area contributed by atoms with Gasteiger partial charge in [0.05, 0.1) is 6.42 Å². The maximum Gasteiger partial charge on any atom is 0.307 e. The maximum atomic E-state index is 12.9. The molecule has 2 aromatic carbocycles. The Labute approximate surface area is 114 Å². The normalized spacial score (nSPS) is 10.8. The van der Waals surface area contributed by atoms with Gasteiger partial charge in [0.1, 0.15) is 5.82 Å². The van der Waals surface area contributed by atoms with E-state index >= 15 is 0 Å². The first-order valence-corrected chi connectivity index (χ1v) is 6.21. The lowest BCUT2D eigenvalue weighted by Crippen LogP contribution is -1.98. The second-order valence-electron chi connectivity index (χ2n) is 4.65. The van der Waals surface area contributed by atoms with Crippen LogP contribution < -0.4 is 0 Å². The van der Waals surface area contributed by atoms with E-state index in [4.69, 9.17) is 5.11 Å². The quantitative estimate of drug-likeness (QED) is 0.763. The summed E-state index contributed by atoms with van der Waals surface area (Å²) in [5.41, 5.74) is 3.52. The van der Waals surface area contributed by atoms with Crippen LogP contribution in [0.2, 0.25) is 0 Å². The van der Waals surface area contributed by atoms with E-state index < -0.39 is 5.97 Å². The first kappa shape index (κ1) is 12.4. The average molecular weight is 269 g/mol. The molecule has 0 atom stereocenters. The molecule has 0 amide bonds. The van der Waals surface area contributed by atoms with Crippen LogP contribution in [0.5, 0.6) is 0 Å². The Morgan fingerprint density at radius 1 is 1.10 bits per heavy atom. The molecular formula is C16H12FNO2. The van der Waals surface area contributed by atoms with Crippen LogP contribution in [0.15, 0.2) is 48.7 Å². The molecule has 1 aromatic heterocycles.